The fourth-order valence-corrected chi connectivity index (χ4v) is 1.31. The lowest BCUT2D eigenvalue weighted by Crippen LogP contribution is -2.09. The quantitative estimate of drug-likeness (QED) is 0.737. The predicted molar refractivity (Wildman–Crippen MR) is 49.9 cm³/mol. The smallest absolute Gasteiger partial charge is 0.165 e. The van der Waals surface area contributed by atoms with Gasteiger partial charge in [0.25, 0.3) is 0 Å². The van der Waals surface area contributed by atoms with Crippen molar-refractivity contribution in [1.29, 1.82) is 0 Å². The zero-order chi connectivity index (χ0) is 10.1. The maximum Gasteiger partial charge on any atom is 0.165 e. The number of nitrogens with two attached hydrogens (primary N) is 1. The van der Waals surface area contributed by atoms with Gasteiger partial charge in [-0.1, -0.05) is 0 Å². The third-order valence-electron chi connectivity index (χ3n) is 1.88. The summed E-state index contributed by atoms with van der Waals surface area (Å²) in [6.45, 7) is 1.93. The van der Waals surface area contributed by atoms with Crippen LogP contribution in [0.1, 0.15) is 6.92 Å². The van der Waals surface area contributed by atoms with Gasteiger partial charge in [0.2, 0.25) is 0 Å². The van der Waals surface area contributed by atoms with Gasteiger partial charge < -0.3 is 10.3 Å². The van der Waals surface area contributed by atoms with E-state index in [4.69, 9.17) is 5.73 Å². The molecule has 2 N–H and O–H groups in total. The van der Waals surface area contributed by atoms with E-state index in [2.05, 4.69) is 15.0 Å². The first-order chi connectivity index (χ1) is 6.68. The minimum absolute atomic E-state index is 0.340. The normalized spacial score (nSPS) is 13.3. The van der Waals surface area contributed by atoms with E-state index in [1.54, 1.807) is 17.8 Å². The summed E-state index contributed by atoms with van der Waals surface area (Å²) >= 11 is 0. The maximum atomic E-state index is 11.0. The number of hydrogen-bond donors (Lipinski definition) is 1. The fourth-order valence-electron chi connectivity index (χ4n) is 1.31. The zero-order valence-electron chi connectivity index (χ0n) is 7.71. The zero-order valence-corrected chi connectivity index (χ0v) is 7.71. The largest absolute Gasteiger partial charge is 0.382 e. The van der Waals surface area contributed by atoms with Crippen LogP contribution in [-0.4, -0.2) is 25.6 Å². The van der Waals surface area contributed by atoms with Gasteiger partial charge in [0, 0.05) is 0 Å². The highest BCUT2D eigenvalue weighted by molar-refractivity contribution is 5.81. The minimum atomic E-state index is -0.691. The van der Waals surface area contributed by atoms with Crippen LogP contribution in [0.4, 0.5) is 5.82 Å². The highest BCUT2D eigenvalue weighted by Crippen LogP contribution is 2.14. The Hall–Kier alpha value is -1.69. The first kappa shape index (κ1) is 8.89. The van der Waals surface area contributed by atoms with Crippen molar-refractivity contribution in [3.8, 4) is 0 Å². The van der Waals surface area contributed by atoms with E-state index in [0.29, 0.717) is 23.5 Å². The molecule has 0 bridgehead atoms. The van der Waals surface area contributed by atoms with Crippen molar-refractivity contribution in [3.63, 3.8) is 0 Å². The molecule has 73 valence electrons. The van der Waals surface area contributed by atoms with E-state index in [0.717, 1.165) is 0 Å². The Labute approximate surface area is 80.4 Å². The summed E-state index contributed by atoms with van der Waals surface area (Å²) in [4.78, 5) is 11.9. The van der Waals surface area contributed by atoms with Gasteiger partial charge in [-0.3, -0.25) is 0 Å². The summed E-state index contributed by atoms with van der Waals surface area (Å²) in [5.74, 6) is 0.340. The molecule has 0 aromatic carbocycles. The van der Waals surface area contributed by atoms with Crippen LogP contribution in [-0.2, 0) is 11.7 Å². The van der Waals surface area contributed by atoms with Crippen molar-refractivity contribution in [2.45, 2.75) is 19.6 Å². The first-order valence-electron chi connectivity index (χ1n) is 4.25. The van der Waals surface area contributed by atoms with E-state index < -0.39 is 6.10 Å². The SMILES string of the molecule is CC([O])Cn1cnc2c(N)ncnc21. The molecule has 6 heteroatoms. The van der Waals surface area contributed by atoms with Crippen molar-refractivity contribution in [2.24, 2.45) is 0 Å². The van der Waals surface area contributed by atoms with E-state index >= 15 is 0 Å². The summed E-state index contributed by atoms with van der Waals surface area (Å²) in [6.07, 6.45) is 2.23. The minimum Gasteiger partial charge on any atom is -0.382 e. The number of aromatic nitrogens is 4. The Balaban J connectivity index is 2.52. The second-order valence-electron chi connectivity index (χ2n) is 3.14. The van der Waals surface area contributed by atoms with Crippen molar-refractivity contribution in [1.82, 2.24) is 19.5 Å². The highest BCUT2D eigenvalue weighted by Gasteiger charge is 2.09. The number of imidazole rings is 1. The molecule has 2 rings (SSSR count). The Bertz CT molecular complexity index is 450. The van der Waals surface area contributed by atoms with E-state index in [-0.39, 0.29) is 0 Å². The van der Waals surface area contributed by atoms with Crippen LogP contribution in [0.15, 0.2) is 12.7 Å². The van der Waals surface area contributed by atoms with Crippen LogP contribution in [0.2, 0.25) is 0 Å². The number of nitrogens with zero attached hydrogens (tertiary/aromatic N) is 4. The third kappa shape index (κ3) is 1.39. The van der Waals surface area contributed by atoms with Crippen LogP contribution in [0.25, 0.3) is 11.2 Å². The third-order valence-corrected chi connectivity index (χ3v) is 1.88. The summed E-state index contributed by atoms with van der Waals surface area (Å²) < 4.78 is 1.69. The molecule has 14 heavy (non-hydrogen) atoms. The molecule has 1 unspecified atom stereocenters. The van der Waals surface area contributed by atoms with Crippen LogP contribution in [0, 0.1) is 0 Å². The molecule has 6 nitrogen and oxygen atoms in total. The Kier molecular flexibility index (Phi) is 2.05. The van der Waals surface area contributed by atoms with Crippen LogP contribution < -0.4 is 5.73 Å². The predicted octanol–water partition coefficient (Wildman–Crippen LogP) is 0.227. The average Bonchev–Trinajstić information content (AvgIpc) is 2.49. The first-order valence-corrected chi connectivity index (χ1v) is 4.25. The molecule has 1 radical (unpaired) electrons. The number of fused-ring (bicyclic) bond motifs is 1. The van der Waals surface area contributed by atoms with Crippen molar-refractivity contribution in [3.05, 3.63) is 12.7 Å². The molecule has 0 saturated heterocycles. The lowest BCUT2D eigenvalue weighted by Gasteiger charge is -2.03. The molecule has 0 aliphatic carbocycles. The standard InChI is InChI=1S/C8H10N5O/c1-5(14)2-13-4-12-6-7(9)10-3-11-8(6)13/h3-5H,2H2,1H3,(H2,9,10,11). The monoisotopic (exact) mass is 192 g/mol. The van der Waals surface area contributed by atoms with Crippen LogP contribution >= 0.6 is 0 Å². The van der Waals surface area contributed by atoms with Gasteiger partial charge in [0.15, 0.2) is 11.5 Å². The molecular formula is C8H10N5O. The van der Waals surface area contributed by atoms with Crippen LogP contribution in [0.5, 0.6) is 0 Å². The van der Waals surface area contributed by atoms with Gasteiger partial charge in [0.1, 0.15) is 17.9 Å². The second-order valence-corrected chi connectivity index (χ2v) is 3.14. The van der Waals surface area contributed by atoms with Gasteiger partial charge in [-0.2, -0.15) is 0 Å². The van der Waals surface area contributed by atoms with Gasteiger partial charge in [0.05, 0.1) is 12.9 Å². The van der Waals surface area contributed by atoms with Crippen LogP contribution in [0.3, 0.4) is 0 Å². The topological polar surface area (TPSA) is 89.5 Å². The summed E-state index contributed by atoms with van der Waals surface area (Å²) in [5, 5.41) is 11.0. The van der Waals surface area contributed by atoms with Crippen molar-refractivity contribution in [2.75, 3.05) is 5.73 Å². The van der Waals surface area contributed by atoms with Crippen molar-refractivity contribution >= 4 is 17.0 Å². The van der Waals surface area contributed by atoms with Gasteiger partial charge in [-0.15, -0.1) is 0 Å². The van der Waals surface area contributed by atoms with E-state index in [1.807, 2.05) is 0 Å². The molecule has 0 aliphatic rings. The Morgan fingerprint density at radius 2 is 2.29 bits per heavy atom. The fraction of sp³-hybridized carbons (Fsp3) is 0.375. The second kappa shape index (κ2) is 3.22. The molecule has 0 spiro atoms. The molecule has 2 aromatic heterocycles. The number of hydrogen-bond acceptors (Lipinski definition) is 4. The van der Waals surface area contributed by atoms with E-state index in [1.165, 1.54) is 6.33 Å². The van der Waals surface area contributed by atoms with Crippen molar-refractivity contribution < 1.29 is 5.11 Å². The molecule has 1 atom stereocenters. The summed E-state index contributed by atoms with van der Waals surface area (Å²) in [5.41, 5.74) is 6.76. The number of rotatable bonds is 2. The highest BCUT2D eigenvalue weighted by atomic mass is 16.3. The molecule has 0 saturated carbocycles. The number of nitrogen functional groups attached to an aromatic ring is 1. The Morgan fingerprint density at radius 3 is 3.00 bits per heavy atom. The Morgan fingerprint density at radius 1 is 1.50 bits per heavy atom. The van der Waals surface area contributed by atoms with Gasteiger partial charge >= 0.3 is 0 Å². The number of anilines is 1. The lowest BCUT2D eigenvalue weighted by atomic mass is 10.4. The summed E-state index contributed by atoms with van der Waals surface area (Å²) in [6, 6.07) is 0. The molecule has 2 heterocycles. The lowest BCUT2D eigenvalue weighted by molar-refractivity contribution is 0.0905. The molecule has 0 fully saturated rings. The van der Waals surface area contributed by atoms with Gasteiger partial charge in [-0.25, -0.2) is 20.1 Å². The maximum absolute atomic E-state index is 11.0. The summed E-state index contributed by atoms with van der Waals surface area (Å²) in [7, 11) is 0. The van der Waals surface area contributed by atoms with Gasteiger partial charge in [-0.05, 0) is 6.92 Å². The molecule has 0 aliphatic heterocycles. The average molecular weight is 192 g/mol. The molecule has 2 aromatic rings. The molecule has 0 amide bonds. The van der Waals surface area contributed by atoms with E-state index in [9.17, 15) is 5.11 Å². The molecular weight excluding hydrogens is 182 g/mol.